The van der Waals surface area contributed by atoms with Gasteiger partial charge in [-0.15, -0.1) is 0 Å². The quantitative estimate of drug-likeness (QED) is 0.865. The van der Waals surface area contributed by atoms with Crippen molar-refractivity contribution in [3.8, 4) is 17.6 Å². The third-order valence-corrected chi connectivity index (χ3v) is 3.61. The van der Waals surface area contributed by atoms with Crippen LogP contribution in [0.15, 0.2) is 36.4 Å². The van der Waals surface area contributed by atoms with E-state index in [4.69, 9.17) is 26.3 Å². The molecule has 0 spiro atoms. The highest BCUT2D eigenvalue weighted by molar-refractivity contribution is 6.32. The Labute approximate surface area is 145 Å². The number of amides is 1. The molecule has 1 N–H and O–H groups in total. The molecule has 0 aliphatic heterocycles. The van der Waals surface area contributed by atoms with Gasteiger partial charge in [0, 0.05) is 11.8 Å². The second-order valence-electron chi connectivity index (χ2n) is 4.99. The lowest BCUT2D eigenvalue weighted by atomic mass is 10.1. The zero-order valence-electron chi connectivity index (χ0n) is 13.4. The smallest absolute Gasteiger partial charge is 0.262 e. The van der Waals surface area contributed by atoms with Crippen LogP contribution in [0.4, 0.5) is 5.69 Å². The first-order valence-electron chi connectivity index (χ1n) is 7.36. The molecule has 0 heterocycles. The Balaban J connectivity index is 2.05. The zero-order chi connectivity index (χ0) is 17.5. The Hall–Kier alpha value is -2.71. The number of hydrogen-bond donors (Lipinski definition) is 1. The number of carbonyl (C=O) groups excluding carboxylic acids is 1. The van der Waals surface area contributed by atoms with Crippen molar-refractivity contribution in [2.24, 2.45) is 0 Å². The average molecular weight is 345 g/mol. The lowest BCUT2D eigenvalue weighted by Crippen LogP contribution is -2.20. The number of halogens is 1. The van der Waals surface area contributed by atoms with Crippen LogP contribution in [0.2, 0.25) is 5.02 Å². The summed E-state index contributed by atoms with van der Waals surface area (Å²) in [6.45, 7) is 1.82. The third-order valence-electron chi connectivity index (χ3n) is 3.33. The van der Waals surface area contributed by atoms with E-state index in [9.17, 15) is 4.79 Å². The lowest BCUT2D eigenvalue weighted by molar-refractivity contribution is -0.118. The van der Waals surface area contributed by atoms with Crippen LogP contribution >= 0.6 is 11.6 Å². The van der Waals surface area contributed by atoms with Crippen LogP contribution in [0, 0.1) is 11.3 Å². The van der Waals surface area contributed by atoms with Gasteiger partial charge in [-0.25, -0.2) is 0 Å². The summed E-state index contributed by atoms with van der Waals surface area (Å²) in [4.78, 5) is 12.0. The van der Waals surface area contributed by atoms with Crippen LogP contribution in [-0.2, 0) is 11.2 Å². The molecule has 124 valence electrons. The summed E-state index contributed by atoms with van der Waals surface area (Å²) in [5.41, 5.74) is 2.19. The molecule has 0 saturated carbocycles. The van der Waals surface area contributed by atoms with E-state index >= 15 is 0 Å². The summed E-state index contributed by atoms with van der Waals surface area (Å²) < 4.78 is 10.6. The first-order chi connectivity index (χ1) is 11.6. The highest BCUT2D eigenvalue weighted by Gasteiger charge is 2.14. The van der Waals surface area contributed by atoms with E-state index < -0.39 is 0 Å². The maximum Gasteiger partial charge on any atom is 0.262 e. The molecule has 0 atom stereocenters. The van der Waals surface area contributed by atoms with Crippen LogP contribution in [0.3, 0.4) is 0 Å². The molecule has 1 amide bonds. The predicted octanol–water partition coefficient (Wildman–Crippen LogP) is 3.80. The van der Waals surface area contributed by atoms with Gasteiger partial charge in [-0.1, -0.05) is 30.7 Å². The largest absolute Gasteiger partial charge is 0.493 e. The monoisotopic (exact) mass is 344 g/mol. The van der Waals surface area contributed by atoms with E-state index in [1.54, 1.807) is 0 Å². The molecule has 0 fully saturated rings. The van der Waals surface area contributed by atoms with Crippen molar-refractivity contribution in [2.75, 3.05) is 19.0 Å². The first-order valence-corrected chi connectivity index (χ1v) is 7.74. The van der Waals surface area contributed by atoms with Gasteiger partial charge in [-0.3, -0.25) is 4.79 Å². The summed E-state index contributed by atoms with van der Waals surface area (Å²) in [6.07, 6.45) is 0.887. The molecule has 2 aromatic rings. The van der Waals surface area contributed by atoms with Gasteiger partial charge in [-0.05, 0) is 30.2 Å². The normalized spacial score (nSPS) is 9.92. The maximum absolute atomic E-state index is 12.0. The fourth-order valence-corrected chi connectivity index (χ4v) is 2.39. The standard InChI is InChI=1S/C18H17ClN2O3/c1-3-12-5-4-6-14(7-12)21-17(22)11-24-18-15(19)8-13(10-20)9-16(18)23-2/h4-9H,3,11H2,1-2H3,(H,21,22). The number of benzene rings is 2. The molecule has 2 aromatic carbocycles. The summed E-state index contributed by atoms with van der Waals surface area (Å²) in [5, 5.41) is 11.9. The van der Waals surface area contributed by atoms with Gasteiger partial charge < -0.3 is 14.8 Å². The molecule has 2 rings (SSSR count). The number of nitriles is 1. The average Bonchev–Trinajstić information content (AvgIpc) is 2.60. The van der Waals surface area contributed by atoms with Crippen molar-refractivity contribution in [3.05, 3.63) is 52.5 Å². The minimum Gasteiger partial charge on any atom is -0.493 e. The number of nitrogens with one attached hydrogen (secondary N) is 1. The topological polar surface area (TPSA) is 71.3 Å². The van der Waals surface area contributed by atoms with Crippen LogP contribution in [0.5, 0.6) is 11.5 Å². The Morgan fingerprint density at radius 1 is 1.33 bits per heavy atom. The fraction of sp³-hybridized carbons (Fsp3) is 0.222. The highest BCUT2D eigenvalue weighted by atomic mass is 35.5. The summed E-state index contributed by atoms with van der Waals surface area (Å²) in [6, 6.07) is 12.5. The molecule has 0 radical (unpaired) electrons. The molecule has 24 heavy (non-hydrogen) atoms. The number of hydrogen-bond acceptors (Lipinski definition) is 4. The van der Waals surface area contributed by atoms with E-state index in [2.05, 4.69) is 5.32 Å². The van der Waals surface area contributed by atoms with E-state index in [1.807, 2.05) is 37.3 Å². The second kappa shape index (κ2) is 8.23. The summed E-state index contributed by atoms with van der Waals surface area (Å²) >= 11 is 6.09. The minimum atomic E-state index is -0.314. The molecule has 0 aromatic heterocycles. The van der Waals surface area contributed by atoms with E-state index in [0.29, 0.717) is 17.0 Å². The van der Waals surface area contributed by atoms with Gasteiger partial charge >= 0.3 is 0 Å². The van der Waals surface area contributed by atoms with Gasteiger partial charge in [0.1, 0.15) is 0 Å². The van der Waals surface area contributed by atoms with Crippen molar-refractivity contribution in [1.82, 2.24) is 0 Å². The van der Waals surface area contributed by atoms with E-state index in [-0.39, 0.29) is 23.3 Å². The number of methoxy groups -OCH3 is 1. The van der Waals surface area contributed by atoms with Crippen molar-refractivity contribution in [3.63, 3.8) is 0 Å². The Morgan fingerprint density at radius 3 is 2.79 bits per heavy atom. The summed E-state index contributed by atoms with van der Waals surface area (Å²) in [5.74, 6) is 0.223. The van der Waals surface area contributed by atoms with Crippen molar-refractivity contribution in [2.45, 2.75) is 13.3 Å². The van der Waals surface area contributed by atoms with Crippen molar-refractivity contribution >= 4 is 23.2 Å². The number of nitrogens with zero attached hydrogens (tertiary/aromatic N) is 1. The number of ether oxygens (including phenoxy) is 2. The minimum absolute atomic E-state index is 0.215. The van der Waals surface area contributed by atoms with Gasteiger partial charge in [0.2, 0.25) is 0 Å². The Morgan fingerprint density at radius 2 is 2.12 bits per heavy atom. The first kappa shape index (κ1) is 17.6. The summed E-state index contributed by atoms with van der Waals surface area (Å²) in [7, 11) is 1.44. The van der Waals surface area contributed by atoms with Crippen molar-refractivity contribution < 1.29 is 14.3 Å². The van der Waals surface area contributed by atoms with Crippen LogP contribution in [-0.4, -0.2) is 19.6 Å². The molecular formula is C18H17ClN2O3. The molecule has 5 nitrogen and oxygen atoms in total. The van der Waals surface area contributed by atoms with E-state index in [1.165, 1.54) is 19.2 Å². The number of rotatable bonds is 6. The number of anilines is 1. The molecule has 0 aliphatic rings. The van der Waals surface area contributed by atoms with Crippen LogP contribution in [0.25, 0.3) is 0 Å². The molecule has 0 bridgehead atoms. The van der Waals surface area contributed by atoms with Crippen molar-refractivity contribution in [1.29, 1.82) is 5.26 Å². The lowest BCUT2D eigenvalue weighted by Gasteiger charge is -2.13. The van der Waals surface area contributed by atoms with Gasteiger partial charge in [0.05, 0.1) is 23.8 Å². The predicted molar refractivity (Wildman–Crippen MR) is 92.7 cm³/mol. The number of carbonyl (C=O) groups is 1. The van der Waals surface area contributed by atoms with Gasteiger partial charge in [0.25, 0.3) is 5.91 Å². The van der Waals surface area contributed by atoms with Gasteiger partial charge in [0.15, 0.2) is 18.1 Å². The van der Waals surface area contributed by atoms with Gasteiger partial charge in [-0.2, -0.15) is 5.26 Å². The van der Waals surface area contributed by atoms with Crippen LogP contribution in [0.1, 0.15) is 18.1 Å². The fourth-order valence-electron chi connectivity index (χ4n) is 2.13. The van der Waals surface area contributed by atoms with E-state index in [0.717, 1.165) is 12.0 Å². The third kappa shape index (κ3) is 4.40. The molecule has 6 heteroatoms. The Bertz CT molecular complexity index is 784. The SMILES string of the molecule is CCc1cccc(NC(=O)COc2c(Cl)cc(C#N)cc2OC)c1. The highest BCUT2D eigenvalue weighted by Crippen LogP contribution is 2.36. The zero-order valence-corrected chi connectivity index (χ0v) is 14.2. The maximum atomic E-state index is 12.0. The molecule has 0 aliphatic carbocycles. The molecular weight excluding hydrogens is 328 g/mol. The Kier molecular flexibility index (Phi) is 6.05. The molecule has 0 saturated heterocycles. The van der Waals surface area contributed by atoms with Crippen LogP contribution < -0.4 is 14.8 Å². The second-order valence-corrected chi connectivity index (χ2v) is 5.40. The molecule has 0 unspecified atom stereocenters. The number of aryl methyl sites for hydroxylation is 1.